The van der Waals surface area contributed by atoms with Crippen molar-refractivity contribution in [2.75, 3.05) is 5.32 Å². The van der Waals surface area contributed by atoms with Crippen molar-refractivity contribution in [2.24, 2.45) is 5.92 Å². The zero-order valence-corrected chi connectivity index (χ0v) is 12.1. The molecule has 6 heteroatoms. The first-order valence-corrected chi connectivity index (χ1v) is 7.28. The Morgan fingerprint density at radius 3 is 2.67 bits per heavy atom. The first-order chi connectivity index (χ1) is 10.1. The molecule has 0 aromatic carbocycles. The number of nitrogens with zero attached hydrogens (tertiary/aromatic N) is 1. The minimum Gasteiger partial charge on any atom is -0.480 e. The smallest absolute Gasteiger partial charge is 0.329 e. The number of nitrogens with one attached hydrogen (secondary N) is 2. The zero-order chi connectivity index (χ0) is 15.3. The first-order valence-electron chi connectivity index (χ1n) is 7.28. The lowest BCUT2D eigenvalue weighted by Gasteiger charge is -2.37. The molecule has 3 N–H and O–H groups in total. The molecule has 0 spiro atoms. The predicted molar refractivity (Wildman–Crippen MR) is 79.0 cm³/mol. The van der Waals surface area contributed by atoms with Crippen LogP contribution in [-0.2, 0) is 4.79 Å². The predicted octanol–water partition coefficient (Wildman–Crippen LogP) is 2.63. The van der Waals surface area contributed by atoms with Crippen LogP contribution in [0.4, 0.5) is 10.5 Å². The van der Waals surface area contributed by atoms with E-state index in [1.54, 1.807) is 18.3 Å². The van der Waals surface area contributed by atoms with Crippen molar-refractivity contribution in [3.8, 4) is 0 Å². The Bertz CT molecular complexity index is 496. The number of hydrogen-bond donors (Lipinski definition) is 3. The van der Waals surface area contributed by atoms with Crippen LogP contribution in [0.25, 0.3) is 0 Å². The molecule has 0 unspecified atom stereocenters. The third-order valence-corrected chi connectivity index (χ3v) is 4.22. The maximum Gasteiger partial charge on any atom is 0.329 e. The number of carbonyl (C=O) groups excluding carboxylic acids is 1. The number of rotatable bonds is 4. The summed E-state index contributed by atoms with van der Waals surface area (Å²) in [5.74, 6) is -0.404. The van der Waals surface area contributed by atoms with E-state index in [2.05, 4.69) is 22.5 Å². The number of anilines is 1. The Morgan fingerprint density at radius 2 is 2.14 bits per heavy atom. The zero-order valence-electron chi connectivity index (χ0n) is 12.1. The highest BCUT2D eigenvalue weighted by atomic mass is 16.4. The Labute approximate surface area is 124 Å². The van der Waals surface area contributed by atoms with Crippen LogP contribution >= 0.6 is 0 Å². The van der Waals surface area contributed by atoms with Crippen molar-refractivity contribution in [3.63, 3.8) is 0 Å². The summed E-state index contributed by atoms with van der Waals surface area (Å²) in [6.45, 7) is 2.11. The molecule has 2 amide bonds. The summed E-state index contributed by atoms with van der Waals surface area (Å²) in [6, 6.07) is 2.91. The third-order valence-electron chi connectivity index (χ3n) is 4.22. The van der Waals surface area contributed by atoms with E-state index >= 15 is 0 Å². The quantitative estimate of drug-likeness (QED) is 0.795. The van der Waals surface area contributed by atoms with Crippen molar-refractivity contribution >= 4 is 17.7 Å². The van der Waals surface area contributed by atoms with E-state index in [1.807, 2.05) is 0 Å². The second-order valence-electron chi connectivity index (χ2n) is 5.56. The van der Waals surface area contributed by atoms with Gasteiger partial charge in [-0.2, -0.15) is 0 Å². The number of carboxylic acids is 1. The van der Waals surface area contributed by atoms with Crippen LogP contribution in [0, 0.1) is 5.92 Å². The number of hydrogen-bond acceptors (Lipinski definition) is 3. The Balaban J connectivity index is 2.00. The lowest BCUT2D eigenvalue weighted by Crippen LogP contribution is -2.57. The van der Waals surface area contributed by atoms with Gasteiger partial charge in [0, 0.05) is 6.20 Å². The van der Waals surface area contributed by atoms with E-state index < -0.39 is 17.5 Å². The van der Waals surface area contributed by atoms with Crippen LogP contribution < -0.4 is 10.6 Å². The molecule has 6 nitrogen and oxygen atoms in total. The monoisotopic (exact) mass is 291 g/mol. The molecule has 0 saturated heterocycles. The van der Waals surface area contributed by atoms with Crippen molar-refractivity contribution in [1.29, 1.82) is 0 Å². The summed E-state index contributed by atoms with van der Waals surface area (Å²) >= 11 is 0. The van der Waals surface area contributed by atoms with Crippen LogP contribution in [0.3, 0.4) is 0 Å². The molecule has 1 heterocycles. The Hall–Kier alpha value is -2.11. The summed E-state index contributed by atoms with van der Waals surface area (Å²) in [4.78, 5) is 27.5. The van der Waals surface area contributed by atoms with E-state index in [0.717, 1.165) is 19.3 Å². The second-order valence-corrected chi connectivity index (χ2v) is 5.56. The Morgan fingerprint density at radius 1 is 1.43 bits per heavy atom. The molecule has 0 bridgehead atoms. The fourth-order valence-corrected chi connectivity index (χ4v) is 2.79. The Kier molecular flexibility index (Phi) is 4.77. The maximum absolute atomic E-state index is 12.0. The van der Waals surface area contributed by atoms with Crippen molar-refractivity contribution in [2.45, 2.75) is 44.6 Å². The number of pyridine rings is 1. The van der Waals surface area contributed by atoms with Gasteiger partial charge in [0.25, 0.3) is 0 Å². The summed E-state index contributed by atoms with van der Waals surface area (Å²) < 4.78 is 0. The van der Waals surface area contributed by atoms with Crippen LogP contribution in [0.1, 0.15) is 39.0 Å². The molecule has 1 aromatic rings. The minimum atomic E-state index is -1.15. The standard InChI is InChI=1S/C15H21N3O3/c1-2-11-5-7-15(8-6-11,13(19)20)18-14(21)17-12-4-3-9-16-10-12/h3-4,9-11H,2,5-8H2,1H3,(H,19,20)(H2,17,18,21). The lowest BCUT2D eigenvalue weighted by molar-refractivity contribution is -0.146. The van der Waals surface area contributed by atoms with Gasteiger partial charge in [-0.3, -0.25) is 4.98 Å². The fraction of sp³-hybridized carbons (Fsp3) is 0.533. The number of aliphatic carboxylic acids is 1. The maximum atomic E-state index is 12.0. The van der Waals surface area contributed by atoms with Crippen LogP contribution in [-0.4, -0.2) is 27.6 Å². The highest BCUT2D eigenvalue weighted by molar-refractivity contribution is 5.93. The molecule has 0 aliphatic heterocycles. The van der Waals surface area contributed by atoms with Crippen LogP contribution in [0.15, 0.2) is 24.5 Å². The molecule has 0 atom stereocenters. The average molecular weight is 291 g/mol. The van der Waals surface area contributed by atoms with E-state index in [0.29, 0.717) is 24.4 Å². The number of carbonyl (C=O) groups is 2. The molecule has 1 aromatic heterocycles. The summed E-state index contributed by atoms with van der Waals surface area (Å²) in [5.41, 5.74) is -0.615. The van der Waals surface area contributed by atoms with Crippen molar-refractivity contribution in [3.05, 3.63) is 24.5 Å². The van der Waals surface area contributed by atoms with Gasteiger partial charge < -0.3 is 15.7 Å². The molecule has 1 saturated carbocycles. The fourth-order valence-electron chi connectivity index (χ4n) is 2.79. The number of amides is 2. The normalized spacial score (nSPS) is 25.1. The summed E-state index contributed by atoms with van der Waals surface area (Å²) in [7, 11) is 0. The van der Waals surface area contributed by atoms with Crippen LogP contribution in [0.5, 0.6) is 0 Å². The van der Waals surface area contributed by atoms with E-state index in [-0.39, 0.29) is 0 Å². The first kappa shape index (κ1) is 15.3. The van der Waals surface area contributed by atoms with Crippen molar-refractivity contribution in [1.82, 2.24) is 10.3 Å². The molecule has 0 radical (unpaired) electrons. The van der Waals surface area contributed by atoms with Gasteiger partial charge in [-0.05, 0) is 43.7 Å². The summed E-state index contributed by atoms with van der Waals surface area (Å²) in [5, 5.41) is 14.8. The third kappa shape index (κ3) is 3.71. The van der Waals surface area contributed by atoms with Crippen molar-refractivity contribution < 1.29 is 14.7 Å². The number of aromatic nitrogens is 1. The van der Waals surface area contributed by atoms with Gasteiger partial charge >= 0.3 is 12.0 Å². The SMILES string of the molecule is CCC1CCC(NC(=O)Nc2cccnc2)(C(=O)O)CC1. The lowest BCUT2D eigenvalue weighted by atomic mass is 9.75. The number of carboxylic acid groups (broad SMARTS) is 1. The van der Waals surface area contributed by atoms with Gasteiger partial charge in [-0.25, -0.2) is 9.59 Å². The average Bonchev–Trinajstić information content (AvgIpc) is 2.48. The molecular formula is C15H21N3O3. The molecule has 1 aliphatic carbocycles. The molecule has 114 valence electrons. The highest BCUT2D eigenvalue weighted by Crippen LogP contribution is 2.34. The molecule has 2 rings (SSSR count). The molecule has 1 aliphatic rings. The largest absolute Gasteiger partial charge is 0.480 e. The van der Waals surface area contributed by atoms with E-state index in [1.165, 1.54) is 6.20 Å². The summed E-state index contributed by atoms with van der Waals surface area (Å²) in [6.07, 6.45) is 6.78. The van der Waals surface area contributed by atoms with Gasteiger partial charge in [0.05, 0.1) is 11.9 Å². The van der Waals surface area contributed by atoms with Gasteiger partial charge in [0.1, 0.15) is 5.54 Å². The van der Waals surface area contributed by atoms with Gasteiger partial charge in [-0.1, -0.05) is 13.3 Å². The van der Waals surface area contributed by atoms with E-state index in [9.17, 15) is 14.7 Å². The van der Waals surface area contributed by atoms with Gasteiger partial charge in [-0.15, -0.1) is 0 Å². The topological polar surface area (TPSA) is 91.3 Å². The highest BCUT2D eigenvalue weighted by Gasteiger charge is 2.42. The molecule has 1 fully saturated rings. The minimum absolute atomic E-state index is 0.474. The number of urea groups is 1. The molecular weight excluding hydrogens is 270 g/mol. The van der Waals surface area contributed by atoms with Crippen LogP contribution in [0.2, 0.25) is 0 Å². The van der Waals surface area contributed by atoms with Gasteiger partial charge in [0.15, 0.2) is 0 Å². The second kappa shape index (κ2) is 6.56. The van der Waals surface area contributed by atoms with Gasteiger partial charge in [0.2, 0.25) is 0 Å². The van der Waals surface area contributed by atoms with E-state index in [4.69, 9.17) is 0 Å². The molecule has 21 heavy (non-hydrogen) atoms.